The van der Waals surface area contributed by atoms with Crippen molar-refractivity contribution in [3.05, 3.63) is 53.5 Å². The van der Waals surface area contributed by atoms with Crippen LogP contribution in [-0.2, 0) is 31.1 Å². The average molecular weight is 446 g/mol. The van der Waals surface area contributed by atoms with Gasteiger partial charge < -0.3 is 24.1 Å². The summed E-state index contributed by atoms with van der Waals surface area (Å²) in [6.07, 6.45) is 3.21. The zero-order valence-corrected chi connectivity index (χ0v) is 18.8. The Labute approximate surface area is 181 Å². The second kappa shape index (κ2) is 10.5. The summed E-state index contributed by atoms with van der Waals surface area (Å²) in [7, 11) is -3.13. The Balaban J connectivity index is 1.68. The first kappa shape index (κ1) is 22.9. The highest BCUT2D eigenvalue weighted by Gasteiger charge is 2.24. The number of rotatable bonds is 11. The fourth-order valence-corrected chi connectivity index (χ4v) is 4.83. The van der Waals surface area contributed by atoms with E-state index in [1.54, 1.807) is 27.0 Å². The predicted octanol–water partition coefficient (Wildman–Crippen LogP) is 4.51. The normalized spacial score (nSPS) is 11.6. The number of benzene rings is 1. The Morgan fingerprint density at radius 3 is 2.35 bits per heavy atom. The Morgan fingerprint density at radius 2 is 1.71 bits per heavy atom. The smallest absolute Gasteiger partial charge is 0.341 e. The minimum absolute atomic E-state index is 0.230. The topological polar surface area (TPSA) is 115 Å². The van der Waals surface area contributed by atoms with Gasteiger partial charge in [0.2, 0.25) is 0 Å². The molecule has 31 heavy (non-hydrogen) atoms. The second-order valence-corrected chi connectivity index (χ2v) is 8.70. The van der Waals surface area contributed by atoms with Gasteiger partial charge >= 0.3 is 13.6 Å². The van der Waals surface area contributed by atoms with E-state index in [1.807, 2.05) is 24.3 Å². The lowest BCUT2D eigenvalue weighted by Crippen LogP contribution is -2.05. The summed E-state index contributed by atoms with van der Waals surface area (Å²) in [5.74, 6) is 0.159. The maximum atomic E-state index is 12.7. The number of hydrogen-bond donors (Lipinski definition) is 2. The number of carbonyl (C=O) groups is 1. The Hall–Kier alpha value is -2.74. The Bertz CT molecular complexity index is 1060. The molecule has 0 spiro atoms. The van der Waals surface area contributed by atoms with E-state index >= 15 is 0 Å². The second-order valence-electron chi connectivity index (χ2n) is 6.64. The van der Waals surface area contributed by atoms with Crippen LogP contribution in [-0.4, -0.2) is 40.7 Å². The van der Waals surface area contributed by atoms with Gasteiger partial charge in [0.05, 0.1) is 26.0 Å². The molecule has 0 aliphatic heterocycles. The molecule has 9 nitrogen and oxygen atoms in total. The molecule has 3 rings (SSSR count). The summed E-state index contributed by atoms with van der Waals surface area (Å²) in [4.78, 5) is 23.6. The highest BCUT2D eigenvalue weighted by molar-refractivity contribution is 7.53. The molecule has 2 aromatic heterocycles. The molecule has 0 bridgehead atoms. The van der Waals surface area contributed by atoms with Crippen LogP contribution in [0.2, 0.25) is 0 Å². The molecule has 1 aromatic carbocycles. The zero-order valence-electron chi connectivity index (χ0n) is 17.9. The first-order valence-corrected chi connectivity index (χ1v) is 11.9. The SMILES string of the molecule is CCOC(=O)c1c[nH]c2c(NCc3ccc(CP(=O)(OCC)OCC)cc3)ncnc12. The van der Waals surface area contributed by atoms with Crippen molar-refractivity contribution in [3.8, 4) is 0 Å². The Kier molecular flexibility index (Phi) is 7.79. The fraction of sp³-hybridized carbons (Fsp3) is 0.381. The van der Waals surface area contributed by atoms with Crippen molar-refractivity contribution in [2.24, 2.45) is 0 Å². The number of esters is 1. The molecule has 10 heteroatoms. The van der Waals surface area contributed by atoms with Gasteiger partial charge in [-0.15, -0.1) is 0 Å². The molecular formula is C21H27N4O5P. The third-order valence-corrected chi connectivity index (χ3v) is 6.52. The molecule has 2 heterocycles. The van der Waals surface area contributed by atoms with Crippen molar-refractivity contribution in [2.45, 2.75) is 33.5 Å². The number of nitrogens with one attached hydrogen (secondary N) is 2. The van der Waals surface area contributed by atoms with Crippen LogP contribution >= 0.6 is 7.60 Å². The zero-order chi connectivity index (χ0) is 22.3. The van der Waals surface area contributed by atoms with Gasteiger partial charge in [-0.2, -0.15) is 0 Å². The van der Waals surface area contributed by atoms with Crippen molar-refractivity contribution in [1.29, 1.82) is 0 Å². The lowest BCUT2D eigenvalue weighted by atomic mass is 10.1. The summed E-state index contributed by atoms with van der Waals surface area (Å²) in [6.45, 7) is 6.82. The molecule has 2 N–H and O–H groups in total. The predicted molar refractivity (Wildman–Crippen MR) is 118 cm³/mol. The third kappa shape index (κ3) is 5.70. The number of carbonyl (C=O) groups excluding carboxylic acids is 1. The molecule has 0 saturated heterocycles. The number of aromatic nitrogens is 3. The number of anilines is 1. The van der Waals surface area contributed by atoms with E-state index in [4.69, 9.17) is 13.8 Å². The minimum Gasteiger partial charge on any atom is -0.462 e. The molecule has 0 aliphatic rings. The van der Waals surface area contributed by atoms with Gasteiger partial charge in [-0.05, 0) is 31.9 Å². The molecule has 0 unspecified atom stereocenters. The van der Waals surface area contributed by atoms with Crippen molar-refractivity contribution in [2.75, 3.05) is 25.1 Å². The van der Waals surface area contributed by atoms with E-state index in [1.165, 1.54) is 6.33 Å². The molecule has 0 amide bonds. The summed E-state index contributed by atoms with van der Waals surface area (Å²) in [5, 5.41) is 3.26. The minimum atomic E-state index is -3.13. The van der Waals surface area contributed by atoms with Crippen LogP contribution in [0.4, 0.5) is 5.82 Å². The van der Waals surface area contributed by atoms with E-state index in [2.05, 4.69) is 20.3 Å². The highest BCUT2D eigenvalue weighted by atomic mass is 31.2. The standard InChI is InChI=1S/C21H27N4O5P/c1-4-28-21(26)17-12-22-19-18(17)24-14-25-20(19)23-11-15-7-9-16(10-8-15)13-31(27,29-5-2)30-6-3/h7-10,12,14,22H,4-6,11,13H2,1-3H3,(H,23,24,25). The van der Waals surface area contributed by atoms with Crippen LogP contribution in [0, 0.1) is 0 Å². The monoisotopic (exact) mass is 446 g/mol. The average Bonchev–Trinajstić information content (AvgIpc) is 3.18. The largest absolute Gasteiger partial charge is 0.462 e. The molecule has 0 atom stereocenters. The number of hydrogen-bond acceptors (Lipinski definition) is 8. The van der Waals surface area contributed by atoms with Crippen molar-refractivity contribution < 1.29 is 23.1 Å². The summed E-state index contributed by atoms with van der Waals surface area (Å²) < 4.78 is 28.5. The summed E-state index contributed by atoms with van der Waals surface area (Å²) in [5.41, 5.74) is 3.40. The first-order valence-electron chi connectivity index (χ1n) is 10.2. The van der Waals surface area contributed by atoms with Crippen LogP contribution in [0.1, 0.15) is 42.3 Å². The van der Waals surface area contributed by atoms with Gasteiger partial charge in [-0.1, -0.05) is 24.3 Å². The number of ether oxygens (including phenoxy) is 1. The van der Waals surface area contributed by atoms with E-state index < -0.39 is 13.6 Å². The van der Waals surface area contributed by atoms with Crippen molar-refractivity contribution >= 4 is 30.4 Å². The number of H-pyrrole nitrogens is 1. The molecule has 0 radical (unpaired) electrons. The quantitative estimate of drug-likeness (QED) is 0.326. The highest BCUT2D eigenvalue weighted by Crippen LogP contribution is 2.51. The summed E-state index contributed by atoms with van der Waals surface area (Å²) >= 11 is 0. The van der Waals surface area contributed by atoms with E-state index in [-0.39, 0.29) is 6.16 Å². The lowest BCUT2D eigenvalue weighted by molar-refractivity contribution is 0.0528. The van der Waals surface area contributed by atoms with Crippen LogP contribution in [0.5, 0.6) is 0 Å². The maximum absolute atomic E-state index is 12.7. The molecule has 3 aromatic rings. The van der Waals surface area contributed by atoms with Gasteiger partial charge in [0.15, 0.2) is 5.82 Å². The molecule has 0 saturated carbocycles. The summed E-state index contributed by atoms with van der Waals surface area (Å²) in [6, 6.07) is 7.71. The molecule has 166 valence electrons. The van der Waals surface area contributed by atoms with E-state index in [0.717, 1.165) is 11.1 Å². The number of fused-ring (bicyclic) bond motifs is 1. The molecule has 0 aliphatic carbocycles. The van der Waals surface area contributed by atoms with Crippen LogP contribution in [0.25, 0.3) is 11.0 Å². The van der Waals surface area contributed by atoms with Gasteiger partial charge in [0, 0.05) is 12.7 Å². The number of aromatic amines is 1. The lowest BCUT2D eigenvalue weighted by Gasteiger charge is -2.17. The van der Waals surface area contributed by atoms with Crippen molar-refractivity contribution in [1.82, 2.24) is 15.0 Å². The van der Waals surface area contributed by atoms with Gasteiger partial charge in [0.1, 0.15) is 22.9 Å². The first-order chi connectivity index (χ1) is 15.0. The fourth-order valence-electron chi connectivity index (χ4n) is 3.13. The molecular weight excluding hydrogens is 419 g/mol. The van der Waals surface area contributed by atoms with Gasteiger partial charge in [-0.3, -0.25) is 4.57 Å². The van der Waals surface area contributed by atoms with Crippen LogP contribution in [0.15, 0.2) is 36.8 Å². The number of nitrogens with zero attached hydrogens (tertiary/aromatic N) is 2. The van der Waals surface area contributed by atoms with Crippen LogP contribution < -0.4 is 5.32 Å². The Morgan fingerprint density at radius 1 is 1.03 bits per heavy atom. The van der Waals surface area contributed by atoms with Gasteiger partial charge in [-0.25, -0.2) is 14.8 Å². The molecule has 0 fully saturated rings. The van der Waals surface area contributed by atoms with E-state index in [0.29, 0.717) is 48.8 Å². The third-order valence-electron chi connectivity index (χ3n) is 4.47. The van der Waals surface area contributed by atoms with Crippen molar-refractivity contribution in [3.63, 3.8) is 0 Å². The van der Waals surface area contributed by atoms with E-state index in [9.17, 15) is 9.36 Å². The maximum Gasteiger partial charge on any atom is 0.341 e. The van der Waals surface area contributed by atoms with Gasteiger partial charge in [0.25, 0.3) is 0 Å². The van der Waals surface area contributed by atoms with Crippen LogP contribution in [0.3, 0.4) is 0 Å².